The zero-order valence-corrected chi connectivity index (χ0v) is 9.98. The Balaban J connectivity index is 1.93. The van der Waals surface area contributed by atoms with Crippen molar-refractivity contribution < 1.29 is 4.79 Å². The van der Waals surface area contributed by atoms with Crippen LogP contribution in [0.2, 0.25) is 0 Å². The molecule has 1 amide bonds. The minimum atomic E-state index is -0.100. The molecule has 2 heterocycles. The van der Waals surface area contributed by atoms with Crippen molar-refractivity contribution in [3.8, 4) is 0 Å². The van der Waals surface area contributed by atoms with Gasteiger partial charge in [-0.05, 0) is 29.5 Å². The third-order valence-corrected chi connectivity index (χ3v) is 3.33. The van der Waals surface area contributed by atoms with Crippen LogP contribution in [0.4, 0.5) is 0 Å². The molecule has 1 fully saturated rings. The molecule has 2 aromatic rings. The number of aromatic nitrogens is 1. The van der Waals surface area contributed by atoms with E-state index in [1.807, 2.05) is 23.1 Å². The summed E-state index contributed by atoms with van der Waals surface area (Å²) in [7, 11) is 0. The van der Waals surface area contributed by atoms with Crippen molar-refractivity contribution in [2.75, 3.05) is 6.54 Å². The summed E-state index contributed by atoms with van der Waals surface area (Å²) in [5, 5.41) is 1.01. The van der Waals surface area contributed by atoms with Crippen molar-refractivity contribution in [3.63, 3.8) is 0 Å². The summed E-state index contributed by atoms with van der Waals surface area (Å²) < 4.78 is 0. The number of nitrogens with one attached hydrogen (secondary N) is 1. The first-order chi connectivity index (χ1) is 8.72. The Morgan fingerprint density at radius 1 is 1.17 bits per heavy atom. The largest absolute Gasteiger partial charge is 0.338 e. The van der Waals surface area contributed by atoms with Gasteiger partial charge in [0.15, 0.2) is 0 Å². The Hall–Kier alpha value is -2.10. The van der Waals surface area contributed by atoms with Crippen LogP contribution in [-0.2, 0) is 11.3 Å². The first-order valence-electron chi connectivity index (χ1n) is 6.12. The van der Waals surface area contributed by atoms with Gasteiger partial charge in [-0.2, -0.15) is 0 Å². The quantitative estimate of drug-likeness (QED) is 0.870. The number of pyridine rings is 1. The fourth-order valence-corrected chi connectivity index (χ4v) is 2.39. The summed E-state index contributed by atoms with van der Waals surface area (Å²) in [5.41, 5.74) is 1.78. The maximum absolute atomic E-state index is 11.6. The van der Waals surface area contributed by atoms with Gasteiger partial charge in [-0.15, -0.1) is 0 Å². The number of benzene rings is 1. The predicted molar refractivity (Wildman–Crippen MR) is 69.2 cm³/mol. The summed E-state index contributed by atoms with van der Waals surface area (Å²) in [5.74, 6) is 0.219. The first kappa shape index (κ1) is 11.0. The number of carbonyl (C=O) groups is 1. The molecular formula is C14H14N2O2. The summed E-state index contributed by atoms with van der Waals surface area (Å²) in [6.07, 6.45) is 1.60. The molecule has 0 spiro atoms. The Morgan fingerprint density at radius 3 is 2.78 bits per heavy atom. The van der Waals surface area contributed by atoms with E-state index in [4.69, 9.17) is 0 Å². The van der Waals surface area contributed by atoms with Gasteiger partial charge in [-0.1, -0.05) is 12.1 Å². The molecule has 0 saturated carbocycles. The Labute approximate surface area is 104 Å². The number of amides is 1. The number of nitrogens with zero attached hydrogens (tertiary/aromatic N) is 1. The van der Waals surface area contributed by atoms with Crippen LogP contribution in [0, 0.1) is 0 Å². The molecule has 4 nitrogen and oxygen atoms in total. The fraction of sp³-hybridized carbons (Fsp3) is 0.286. The normalized spacial score (nSPS) is 15.6. The molecule has 0 bridgehead atoms. The maximum Gasteiger partial charge on any atom is 0.248 e. The Morgan fingerprint density at radius 2 is 2.00 bits per heavy atom. The van der Waals surface area contributed by atoms with Gasteiger partial charge in [0.05, 0.1) is 0 Å². The molecule has 1 aliphatic rings. The highest BCUT2D eigenvalue weighted by molar-refractivity contribution is 5.80. The van der Waals surface area contributed by atoms with Crippen molar-refractivity contribution in [1.29, 1.82) is 0 Å². The van der Waals surface area contributed by atoms with E-state index in [1.54, 1.807) is 6.07 Å². The van der Waals surface area contributed by atoms with E-state index in [0.29, 0.717) is 13.0 Å². The first-order valence-corrected chi connectivity index (χ1v) is 6.12. The van der Waals surface area contributed by atoms with Crippen molar-refractivity contribution in [3.05, 3.63) is 46.2 Å². The van der Waals surface area contributed by atoms with Crippen LogP contribution < -0.4 is 5.56 Å². The third-order valence-electron chi connectivity index (χ3n) is 3.33. The SMILES string of the molecule is O=C1CCCN1Cc1ccc2ccc(=O)[nH]c2c1. The van der Waals surface area contributed by atoms with E-state index in [2.05, 4.69) is 4.98 Å². The number of likely N-dealkylation sites (tertiary alicyclic amines) is 1. The number of H-pyrrole nitrogens is 1. The number of rotatable bonds is 2. The van der Waals surface area contributed by atoms with Gasteiger partial charge in [0.25, 0.3) is 0 Å². The molecule has 1 aromatic carbocycles. The lowest BCUT2D eigenvalue weighted by Gasteiger charge is -2.15. The smallest absolute Gasteiger partial charge is 0.248 e. The highest BCUT2D eigenvalue weighted by Crippen LogP contribution is 2.17. The molecule has 1 saturated heterocycles. The average molecular weight is 242 g/mol. The van der Waals surface area contributed by atoms with Gasteiger partial charge < -0.3 is 9.88 Å². The molecule has 1 aromatic heterocycles. The fourth-order valence-electron chi connectivity index (χ4n) is 2.39. The number of carbonyl (C=O) groups excluding carboxylic acids is 1. The van der Waals surface area contributed by atoms with Gasteiger partial charge in [0, 0.05) is 31.1 Å². The van der Waals surface area contributed by atoms with Crippen LogP contribution in [0.5, 0.6) is 0 Å². The highest BCUT2D eigenvalue weighted by atomic mass is 16.2. The molecule has 18 heavy (non-hydrogen) atoms. The topological polar surface area (TPSA) is 53.2 Å². The van der Waals surface area contributed by atoms with Gasteiger partial charge in [-0.3, -0.25) is 9.59 Å². The molecule has 1 aliphatic heterocycles. The monoisotopic (exact) mass is 242 g/mol. The summed E-state index contributed by atoms with van der Waals surface area (Å²) in [6, 6.07) is 9.25. The van der Waals surface area contributed by atoms with E-state index in [0.717, 1.165) is 29.4 Å². The van der Waals surface area contributed by atoms with Crippen molar-refractivity contribution in [2.24, 2.45) is 0 Å². The van der Waals surface area contributed by atoms with Crippen molar-refractivity contribution >= 4 is 16.8 Å². The van der Waals surface area contributed by atoms with Gasteiger partial charge >= 0.3 is 0 Å². The molecule has 4 heteroatoms. The lowest BCUT2D eigenvalue weighted by Crippen LogP contribution is -2.23. The molecule has 0 atom stereocenters. The minimum Gasteiger partial charge on any atom is -0.338 e. The second-order valence-electron chi connectivity index (χ2n) is 4.66. The van der Waals surface area contributed by atoms with Crippen LogP contribution >= 0.6 is 0 Å². The zero-order valence-electron chi connectivity index (χ0n) is 9.98. The number of hydrogen-bond acceptors (Lipinski definition) is 2. The maximum atomic E-state index is 11.6. The van der Waals surface area contributed by atoms with Crippen LogP contribution in [0.1, 0.15) is 18.4 Å². The molecule has 0 unspecified atom stereocenters. The third kappa shape index (κ3) is 2.01. The van der Waals surface area contributed by atoms with E-state index in [1.165, 1.54) is 6.07 Å². The second kappa shape index (κ2) is 4.29. The van der Waals surface area contributed by atoms with E-state index in [9.17, 15) is 9.59 Å². The van der Waals surface area contributed by atoms with Gasteiger partial charge in [-0.25, -0.2) is 0 Å². The molecule has 0 radical (unpaired) electrons. The molecular weight excluding hydrogens is 228 g/mol. The van der Waals surface area contributed by atoms with Gasteiger partial charge in [0.2, 0.25) is 11.5 Å². The lowest BCUT2D eigenvalue weighted by atomic mass is 10.1. The summed E-state index contributed by atoms with van der Waals surface area (Å²) in [6.45, 7) is 1.47. The van der Waals surface area contributed by atoms with E-state index in [-0.39, 0.29) is 11.5 Å². The number of hydrogen-bond donors (Lipinski definition) is 1. The minimum absolute atomic E-state index is 0.100. The van der Waals surface area contributed by atoms with Crippen LogP contribution in [0.25, 0.3) is 10.9 Å². The van der Waals surface area contributed by atoms with Crippen LogP contribution in [0.3, 0.4) is 0 Å². The van der Waals surface area contributed by atoms with Crippen molar-refractivity contribution in [1.82, 2.24) is 9.88 Å². The highest BCUT2D eigenvalue weighted by Gasteiger charge is 2.19. The molecule has 3 rings (SSSR count). The van der Waals surface area contributed by atoms with E-state index < -0.39 is 0 Å². The molecule has 0 aliphatic carbocycles. The van der Waals surface area contributed by atoms with Crippen LogP contribution in [0.15, 0.2) is 35.1 Å². The molecule has 1 N–H and O–H groups in total. The van der Waals surface area contributed by atoms with Crippen LogP contribution in [-0.4, -0.2) is 22.3 Å². The number of fused-ring (bicyclic) bond motifs is 1. The Bertz CT molecular complexity index is 660. The summed E-state index contributed by atoms with van der Waals surface area (Å²) in [4.78, 5) is 27.5. The molecule has 92 valence electrons. The number of aromatic amines is 1. The lowest BCUT2D eigenvalue weighted by molar-refractivity contribution is -0.128. The Kier molecular flexibility index (Phi) is 2.63. The second-order valence-corrected chi connectivity index (χ2v) is 4.66. The zero-order chi connectivity index (χ0) is 12.5. The average Bonchev–Trinajstić information content (AvgIpc) is 2.74. The summed E-state index contributed by atoms with van der Waals surface area (Å²) >= 11 is 0. The van der Waals surface area contributed by atoms with E-state index >= 15 is 0 Å². The standard InChI is InChI=1S/C14H14N2O2/c17-13-6-5-11-4-3-10(8-12(11)15-13)9-16-7-1-2-14(16)18/h3-6,8H,1-2,7,9H2,(H,15,17). The van der Waals surface area contributed by atoms with Gasteiger partial charge in [0.1, 0.15) is 0 Å². The van der Waals surface area contributed by atoms with Crippen molar-refractivity contribution in [2.45, 2.75) is 19.4 Å². The predicted octanol–water partition coefficient (Wildman–Crippen LogP) is 1.65.